The third-order valence-electron chi connectivity index (χ3n) is 5.18. The van der Waals surface area contributed by atoms with Gasteiger partial charge in [0.25, 0.3) is 15.6 Å². The van der Waals surface area contributed by atoms with E-state index < -0.39 is 21.5 Å². The molecule has 17 heteroatoms. The quantitative estimate of drug-likeness (QED) is 0.272. The molecule has 0 bridgehead atoms. The van der Waals surface area contributed by atoms with Crippen LogP contribution in [-0.4, -0.2) is 60.0 Å². The minimum Gasteiger partial charge on any atom is -0.496 e. The van der Waals surface area contributed by atoms with Crippen molar-refractivity contribution in [3.63, 3.8) is 0 Å². The van der Waals surface area contributed by atoms with Gasteiger partial charge in [0.15, 0.2) is 10.7 Å². The number of amides is 1. The number of benzene rings is 1. The summed E-state index contributed by atoms with van der Waals surface area (Å²) in [5, 5.41) is 18.6. The van der Waals surface area contributed by atoms with Crippen molar-refractivity contribution in [2.45, 2.75) is 6.42 Å². The lowest BCUT2D eigenvalue weighted by Crippen LogP contribution is -2.16. The molecule has 3 heterocycles. The van der Waals surface area contributed by atoms with Crippen LogP contribution in [0.5, 0.6) is 17.2 Å². The fourth-order valence-corrected chi connectivity index (χ4v) is 5.21. The number of fused-ring (bicyclic) bond motifs is 1. The fraction of sp³-hybridized carbons (Fsp3) is 0.182. The lowest BCUT2D eigenvalue weighted by molar-refractivity contribution is -0.117. The first-order valence-electron chi connectivity index (χ1n) is 10.8. The summed E-state index contributed by atoms with van der Waals surface area (Å²) in [6.07, 6.45) is 5.21. The Morgan fingerprint density at radius 2 is 1.90 bits per heavy atom. The molecule has 0 spiro atoms. The van der Waals surface area contributed by atoms with E-state index in [1.54, 1.807) is 18.3 Å². The molecule has 4 rings (SSSR count). The molecule has 3 aromatic heterocycles. The number of hydrogen-bond donors (Lipinski definition) is 2. The summed E-state index contributed by atoms with van der Waals surface area (Å²) < 4.78 is 45.6. The van der Waals surface area contributed by atoms with Crippen LogP contribution in [0.2, 0.25) is 0 Å². The van der Waals surface area contributed by atoms with Gasteiger partial charge >= 0.3 is 0 Å². The molecule has 0 saturated heterocycles. The first-order chi connectivity index (χ1) is 18.6. The number of anilines is 1. The van der Waals surface area contributed by atoms with Crippen LogP contribution in [0, 0.1) is 11.5 Å². The van der Waals surface area contributed by atoms with Gasteiger partial charge in [-0.15, -0.1) is 14.9 Å². The Bertz CT molecular complexity index is 1790. The van der Waals surface area contributed by atoms with Crippen LogP contribution in [0.3, 0.4) is 0 Å². The van der Waals surface area contributed by atoms with Gasteiger partial charge < -0.3 is 19.9 Å². The first kappa shape index (κ1) is 27.1. The number of aromatic nitrogens is 5. The van der Waals surface area contributed by atoms with Crippen molar-refractivity contribution in [1.82, 2.24) is 24.4 Å². The number of ether oxygens (including phenoxy) is 3. The van der Waals surface area contributed by atoms with Gasteiger partial charge in [-0.1, -0.05) is 11.3 Å². The lowest BCUT2D eigenvalue weighted by atomic mass is 10.1. The third-order valence-corrected chi connectivity index (χ3v) is 7.13. The van der Waals surface area contributed by atoms with Gasteiger partial charge in [-0.05, 0) is 6.08 Å². The summed E-state index contributed by atoms with van der Waals surface area (Å²) in [7, 11) is 0.191. The van der Waals surface area contributed by atoms with E-state index in [2.05, 4.69) is 19.9 Å². The Labute approximate surface area is 224 Å². The van der Waals surface area contributed by atoms with Crippen molar-refractivity contribution in [2.24, 2.45) is 5.73 Å². The monoisotopic (exact) mass is 572 g/mol. The molecule has 0 fully saturated rings. The van der Waals surface area contributed by atoms with E-state index in [4.69, 9.17) is 19.9 Å². The second-order valence-electron chi connectivity index (χ2n) is 7.64. The number of methoxy groups -OCH3 is 3. The van der Waals surface area contributed by atoms with E-state index in [0.717, 1.165) is 21.3 Å². The summed E-state index contributed by atoms with van der Waals surface area (Å²) in [6, 6.07) is 3.14. The summed E-state index contributed by atoms with van der Waals surface area (Å²) in [6.45, 7) is 0. The van der Waals surface area contributed by atoms with Gasteiger partial charge in [0, 0.05) is 12.1 Å². The van der Waals surface area contributed by atoms with Gasteiger partial charge in [-0.2, -0.15) is 5.26 Å². The number of hydrogen-bond acceptors (Lipinski definition) is 12. The van der Waals surface area contributed by atoms with Gasteiger partial charge in [-0.3, -0.25) is 14.3 Å². The molecule has 39 heavy (non-hydrogen) atoms. The molecule has 0 aliphatic heterocycles. The maximum Gasteiger partial charge on any atom is 0.293 e. The van der Waals surface area contributed by atoms with E-state index in [-0.39, 0.29) is 33.3 Å². The third kappa shape index (κ3) is 5.51. The SMILES string of the molecule is COc1cc(OC)c(/C=C/S(=O)(=O)Nc2cnc3c(-c4nnc(CC(N)=O)s4)c(=O)n(C#N)n3c2)c(OC)c1. The number of nitrogens with two attached hydrogens (primary N) is 1. The molecule has 1 aromatic carbocycles. The predicted molar refractivity (Wildman–Crippen MR) is 140 cm³/mol. The smallest absolute Gasteiger partial charge is 0.293 e. The number of carbonyl (C=O) groups is 1. The normalized spacial score (nSPS) is 11.4. The van der Waals surface area contributed by atoms with E-state index in [9.17, 15) is 23.3 Å². The number of carbonyl (C=O) groups excluding carboxylic acids is 1. The second kappa shape index (κ2) is 10.8. The van der Waals surface area contributed by atoms with Crippen molar-refractivity contribution in [3.8, 4) is 34.0 Å². The van der Waals surface area contributed by atoms with E-state index in [0.29, 0.717) is 27.5 Å². The molecule has 0 atom stereocenters. The maximum absolute atomic E-state index is 12.9. The zero-order valence-electron chi connectivity index (χ0n) is 20.6. The van der Waals surface area contributed by atoms with Gasteiger partial charge in [0.1, 0.15) is 27.8 Å². The number of nitrogens with zero attached hydrogens (tertiary/aromatic N) is 6. The highest BCUT2D eigenvalue weighted by atomic mass is 32.2. The van der Waals surface area contributed by atoms with Crippen molar-refractivity contribution >= 4 is 44.7 Å². The molecule has 0 aliphatic carbocycles. The Kier molecular flexibility index (Phi) is 7.51. The first-order valence-corrected chi connectivity index (χ1v) is 13.1. The number of nitrogens with one attached hydrogen (secondary N) is 1. The molecule has 0 aliphatic rings. The highest BCUT2D eigenvalue weighted by Crippen LogP contribution is 2.35. The summed E-state index contributed by atoms with van der Waals surface area (Å²) in [5.74, 6) is 0.457. The van der Waals surface area contributed by atoms with Crippen LogP contribution in [0.25, 0.3) is 22.3 Å². The maximum atomic E-state index is 12.9. The van der Waals surface area contributed by atoms with Crippen molar-refractivity contribution in [1.29, 1.82) is 5.26 Å². The number of rotatable bonds is 10. The van der Waals surface area contributed by atoms with Crippen LogP contribution >= 0.6 is 11.3 Å². The van der Waals surface area contributed by atoms with E-state index in [1.807, 2.05) is 0 Å². The van der Waals surface area contributed by atoms with Gasteiger partial charge in [0.05, 0.1) is 56.8 Å². The highest BCUT2D eigenvalue weighted by Gasteiger charge is 2.22. The number of sulfonamides is 1. The average molecular weight is 573 g/mol. The molecule has 0 saturated carbocycles. The Balaban J connectivity index is 1.69. The number of primary amides is 1. The molecule has 0 unspecified atom stereocenters. The molecule has 0 radical (unpaired) electrons. The van der Waals surface area contributed by atoms with Gasteiger partial charge in [-0.25, -0.2) is 17.9 Å². The average Bonchev–Trinajstić information content (AvgIpc) is 3.46. The molecule has 4 aromatic rings. The Morgan fingerprint density at radius 3 is 2.49 bits per heavy atom. The standard InChI is InChI=1S/C22H20N8O7S2/c1-35-13-6-15(36-2)14(16(7-13)37-3)4-5-39(33,34)28-12-9-25-20-19(22(32)30(11-23)29(20)10-12)21-27-26-18(38-21)8-17(24)31/h4-7,9-10,28H,8H2,1-3H3,(H2,24,31)/b5-4+. The van der Waals surface area contributed by atoms with Crippen LogP contribution in [0.4, 0.5) is 5.69 Å². The van der Waals surface area contributed by atoms with Crippen LogP contribution in [0.1, 0.15) is 10.6 Å². The lowest BCUT2D eigenvalue weighted by Gasteiger charge is -2.12. The molecule has 3 N–H and O–H groups in total. The van der Waals surface area contributed by atoms with Crippen LogP contribution < -0.4 is 30.2 Å². The Morgan fingerprint density at radius 1 is 1.21 bits per heavy atom. The molecular weight excluding hydrogens is 552 g/mol. The highest BCUT2D eigenvalue weighted by molar-refractivity contribution is 7.95. The second-order valence-corrected chi connectivity index (χ2v) is 10.3. The molecule has 202 valence electrons. The minimum atomic E-state index is -4.11. The van der Waals surface area contributed by atoms with Crippen LogP contribution in [-0.2, 0) is 21.2 Å². The molecule has 15 nitrogen and oxygen atoms in total. The molecule has 1 amide bonds. The van der Waals surface area contributed by atoms with Crippen molar-refractivity contribution in [3.05, 3.63) is 50.9 Å². The summed E-state index contributed by atoms with van der Waals surface area (Å²) in [4.78, 5) is 28.3. The summed E-state index contributed by atoms with van der Waals surface area (Å²) >= 11 is 0.946. The summed E-state index contributed by atoms with van der Waals surface area (Å²) in [5.41, 5.74) is 4.70. The Hall–Kier alpha value is -4.95. The zero-order chi connectivity index (χ0) is 28.3. The van der Waals surface area contributed by atoms with Crippen LogP contribution in [0.15, 0.2) is 34.7 Å². The number of nitriles is 1. The topological polar surface area (TPSA) is 206 Å². The molecular formula is C22H20N8O7S2. The van der Waals surface area contributed by atoms with E-state index >= 15 is 0 Å². The van der Waals surface area contributed by atoms with Gasteiger partial charge in [0.2, 0.25) is 12.1 Å². The largest absolute Gasteiger partial charge is 0.496 e. The minimum absolute atomic E-state index is 0.0227. The zero-order valence-corrected chi connectivity index (χ0v) is 22.2. The van der Waals surface area contributed by atoms with Crippen molar-refractivity contribution in [2.75, 3.05) is 26.1 Å². The van der Waals surface area contributed by atoms with E-state index in [1.165, 1.54) is 39.8 Å². The van der Waals surface area contributed by atoms with Crippen molar-refractivity contribution < 1.29 is 27.4 Å². The fourth-order valence-electron chi connectivity index (χ4n) is 3.51. The predicted octanol–water partition coefficient (Wildman–Crippen LogP) is 0.810.